The molecule has 0 radical (unpaired) electrons. The van der Waals surface area contributed by atoms with Crippen molar-refractivity contribution < 1.29 is 28.0 Å². The zero-order valence-corrected chi connectivity index (χ0v) is 28.4. The van der Waals surface area contributed by atoms with Crippen LogP contribution < -0.4 is 5.73 Å². The zero-order chi connectivity index (χ0) is 32.9. The number of non-ortho nitro benzene ring substituents is 1. The number of fused-ring (bicyclic) bond motifs is 2. The van der Waals surface area contributed by atoms with Gasteiger partial charge in [0.05, 0.1) is 56.8 Å². The van der Waals surface area contributed by atoms with Crippen LogP contribution in [-0.2, 0) is 31.0 Å². The SMILES string of the molecule is CCO.Nc1ccc2c(c1)C(=O)N=S2(=O)Cc1ccc(Br)cc1.O=C1N=S(=O)(Cc2ccc(Br)cc2)c2ccc([N+](=O)[O-])cc21. The Morgan fingerprint density at radius 2 is 1.16 bits per heavy atom. The molecular weight excluding hydrogens is 752 g/mol. The number of amides is 2. The number of benzene rings is 4. The molecule has 0 fully saturated rings. The van der Waals surface area contributed by atoms with Crippen molar-refractivity contribution in [2.75, 3.05) is 12.3 Å². The van der Waals surface area contributed by atoms with E-state index in [2.05, 4.69) is 40.6 Å². The molecule has 15 heteroatoms. The van der Waals surface area contributed by atoms with Gasteiger partial charge in [-0.05, 0) is 66.6 Å². The van der Waals surface area contributed by atoms with Crippen LogP contribution in [0.15, 0.2) is 112 Å². The molecule has 6 rings (SSSR count). The molecular formula is C30H26Br2N4O7S2. The number of rotatable bonds is 5. The highest BCUT2D eigenvalue weighted by atomic mass is 79.9. The molecule has 0 aromatic heterocycles. The molecule has 11 nitrogen and oxygen atoms in total. The monoisotopic (exact) mass is 776 g/mol. The van der Waals surface area contributed by atoms with Crippen LogP contribution in [0.3, 0.4) is 0 Å². The maximum atomic E-state index is 13.0. The summed E-state index contributed by atoms with van der Waals surface area (Å²) in [5.74, 6) is -0.796. The Hall–Kier alpha value is -3.76. The van der Waals surface area contributed by atoms with Crippen molar-refractivity contribution in [3.63, 3.8) is 0 Å². The summed E-state index contributed by atoms with van der Waals surface area (Å²) in [7, 11) is -5.67. The molecule has 2 aliphatic rings. The lowest BCUT2D eigenvalue weighted by atomic mass is 10.2. The Morgan fingerprint density at radius 3 is 1.58 bits per heavy atom. The second-order valence-electron chi connectivity index (χ2n) is 9.62. The third-order valence-corrected chi connectivity index (χ3v) is 11.9. The number of nitrogens with zero attached hydrogens (tertiary/aromatic N) is 3. The molecule has 0 saturated carbocycles. The highest BCUT2D eigenvalue weighted by molar-refractivity contribution is 9.10. The Kier molecular flexibility index (Phi) is 10.7. The molecule has 2 aliphatic heterocycles. The number of nitro groups is 1. The van der Waals surface area contributed by atoms with Crippen LogP contribution in [0.4, 0.5) is 11.4 Å². The number of nitro benzene ring substituents is 1. The van der Waals surface area contributed by atoms with Crippen molar-refractivity contribution >= 4 is 74.5 Å². The first-order valence-electron chi connectivity index (χ1n) is 13.1. The first kappa shape index (κ1) is 34.1. The molecule has 2 atom stereocenters. The Bertz CT molecular complexity index is 2050. The summed E-state index contributed by atoms with van der Waals surface area (Å²) in [6.45, 7) is 1.93. The minimum atomic E-state index is -2.93. The minimum absolute atomic E-state index is 0.0521. The van der Waals surface area contributed by atoms with Crippen LogP contribution in [0, 0.1) is 10.1 Å². The van der Waals surface area contributed by atoms with E-state index in [1.807, 2.05) is 36.4 Å². The van der Waals surface area contributed by atoms with Crippen LogP contribution in [0.2, 0.25) is 0 Å². The number of halogens is 2. The van der Waals surface area contributed by atoms with Gasteiger partial charge < -0.3 is 10.8 Å². The van der Waals surface area contributed by atoms with E-state index >= 15 is 0 Å². The Morgan fingerprint density at radius 1 is 0.756 bits per heavy atom. The lowest BCUT2D eigenvalue weighted by molar-refractivity contribution is -0.384. The lowest BCUT2D eigenvalue weighted by Crippen LogP contribution is -2.03. The molecule has 234 valence electrons. The van der Waals surface area contributed by atoms with E-state index in [0.29, 0.717) is 16.1 Å². The number of hydrogen-bond donors (Lipinski definition) is 2. The maximum Gasteiger partial charge on any atom is 0.286 e. The van der Waals surface area contributed by atoms with Crippen molar-refractivity contribution in [3.8, 4) is 0 Å². The number of carbonyl (C=O) groups excluding carboxylic acids is 2. The van der Waals surface area contributed by atoms with Crippen molar-refractivity contribution in [1.82, 2.24) is 0 Å². The molecule has 0 saturated heterocycles. The van der Waals surface area contributed by atoms with Gasteiger partial charge in [-0.3, -0.25) is 19.7 Å². The van der Waals surface area contributed by atoms with Crippen molar-refractivity contribution in [3.05, 3.63) is 126 Å². The topological polar surface area (TPSA) is 182 Å². The molecule has 0 aliphatic carbocycles. The van der Waals surface area contributed by atoms with E-state index in [9.17, 15) is 28.1 Å². The number of aliphatic hydroxyl groups excluding tert-OH is 1. The molecule has 2 amide bonds. The van der Waals surface area contributed by atoms with Crippen molar-refractivity contribution in [2.24, 2.45) is 8.73 Å². The predicted molar refractivity (Wildman–Crippen MR) is 179 cm³/mol. The van der Waals surface area contributed by atoms with E-state index in [-0.39, 0.29) is 34.3 Å². The zero-order valence-electron chi connectivity index (χ0n) is 23.6. The summed E-state index contributed by atoms with van der Waals surface area (Å²) in [6, 6.07) is 23.3. The average molecular weight is 779 g/mol. The summed E-state index contributed by atoms with van der Waals surface area (Å²) < 4.78 is 35.4. The van der Waals surface area contributed by atoms with Gasteiger partial charge in [0.25, 0.3) is 17.5 Å². The van der Waals surface area contributed by atoms with Gasteiger partial charge in [-0.15, -0.1) is 0 Å². The smallest absolute Gasteiger partial charge is 0.286 e. The second kappa shape index (κ2) is 14.1. The summed E-state index contributed by atoms with van der Waals surface area (Å²) in [4.78, 5) is 34.7. The van der Waals surface area contributed by atoms with Gasteiger partial charge in [0.1, 0.15) is 0 Å². The number of nitrogen functional groups attached to an aromatic ring is 1. The number of carbonyl (C=O) groups is 2. The normalized spacial score (nSPS) is 19.1. The lowest BCUT2D eigenvalue weighted by Gasteiger charge is -2.07. The van der Waals surface area contributed by atoms with Crippen LogP contribution in [0.25, 0.3) is 0 Å². The van der Waals surface area contributed by atoms with Crippen LogP contribution in [0.1, 0.15) is 38.8 Å². The Labute approximate surface area is 276 Å². The summed E-state index contributed by atoms with van der Waals surface area (Å²) in [5.41, 5.74) is 7.97. The quantitative estimate of drug-likeness (QED) is 0.127. The first-order valence-corrected chi connectivity index (χ1v) is 18.1. The fourth-order valence-corrected chi connectivity index (χ4v) is 9.09. The van der Waals surface area contributed by atoms with Gasteiger partial charge in [-0.2, -0.15) is 8.73 Å². The summed E-state index contributed by atoms with van der Waals surface area (Å²) >= 11 is 6.67. The fourth-order valence-electron chi connectivity index (χ4n) is 4.37. The number of hydrogen-bond acceptors (Lipinski definition) is 8. The largest absolute Gasteiger partial charge is 0.399 e. The standard InChI is InChI=1S/C14H9BrN2O4S.C14H11BrN2O2S.C2H6O/c15-10-3-1-9(2-4-10)8-22(21)13-6-5-11(17(19)20)7-12(13)14(18)16-22;15-10-3-1-9(2-4-10)8-20(19)13-6-5-11(16)7-12(13)14(18)17-20;1-2-3/h1-7H,8H2;1-7H,8,16H2;3H,2H2,1H3. The minimum Gasteiger partial charge on any atom is -0.399 e. The van der Waals surface area contributed by atoms with E-state index in [4.69, 9.17) is 10.8 Å². The number of nitrogens with two attached hydrogens (primary N) is 1. The molecule has 0 spiro atoms. The van der Waals surface area contributed by atoms with Crippen molar-refractivity contribution in [2.45, 2.75) is 28.2 Å². The van der Waals surface area contributed by atoms with Crippen molar-refractivity contribution in [1.29, 1.82) is 0 Å². The predicted octanol–water partition coefficient (Wildman–Crippen LogP) is 6.75. The fraction of sp³-hybridized carbons (Fsp3) is 0.133. The molecule has 0 bridgehead atoms. The van der Waals surface area contributed by atoms with E-state index in [1.165, 1.54) is 18.2 Å². The molecule has 3 N–H and O–H groups in total. The highest BCUT2D eigenvalue weighted by Crippen LogP contribution is 2.33. The van der Waals surface area contributed by atoms with Gasteiger partial charge in [-0.25, -0.2) is 8.42 Å². The summed E-state index contributed by atoms with van der Waals surface area (Å²) in [5, 5.41) is 18.3. The van der Waals surface area contributed by atoms with E-state index < -0.39 is 36.2 Å². The van der Waals surface area contributed by atoms with Crippen LogP contribution in [0.5, 0.6) is 0 Å². The average Bonchev–Trinajstić information content (AvgIpc) is 3.39. The summed E-state index contributed by atoms with van der Waals surface area (Å²) in [6.07, 6.45) is 0. The second-order valence-corrected chi connectivity index (χ2v) is 15.8. The number of anilines is 1. The highest BCUT2D eigenvalue weighted by Gasteiger charge is 2.31. The van der Waals surface area contributed by atoms with Gasteiger partial charge in [-0.1, -0.05) is 56.1 Å². The van der Waals surface area contributed by atoms with E-state index in [0.717, 1.165) is 26.1 Å². The van der Waals surface area contributed by atoms with Crippen LogP contribution in [-0.4, -0.2) is 36.9 Å². The Balaban J connectivity index is 0.000000189. The third-order valence-electron chi connectivity index (χ3n) is 6.34. The number of aliphatic hydroxyl groups is 1. The molecule has 2 heterocycles. The molecule has 4 aromatic rings. The van der Waals surface area contributed by atoms with Crippen LogP contribution >= 0.6 is 31.9 Å². The first-order chi connectivity index (χ1) is 21.3. The van der Waals surface area contributed by atoms with Gasteiger partial charge in [0.2, 0.25) is 0 Å². The molecule has 4 aromatic carbocycles. The third kappa shape index (κ3) is 7.91. The van der Waals surface area contributed by atoms with E-state index in [1.54, 1.807) is 31.2 Å². The van der Waals surface area contributed by atoms with Gasteiger partial charge in [0, 0.05) is 33.4 Å². The molecule has 2 unspecified atom stereocenters. The van der Waals surface area contributed by atoms with Gasteiger partial charge >= 0.3 is 0 Å². The molecule has 45 heavy (non-hydrogen) atoms. The maximum absolute atomic E-state index is 13.0. The van der Waals surface area contributed by atoms with Gasteiger partial charge in [0.15, 0.2) is 0 Å².